The highest BCUT2D eigenvalue weighted by Crippen LogP contribution is 2.27. The van der Waals surface area contributed by atoms with Gasteiger partial charge in [0.1, 0.15) is 10.6 Å². The summed E-state index contributed by atoms with van der Waals surface area (Å²) in [4.78, 5) is 0.0749. The summed E-state index contributed by atoms with van der Waals surface area (Å²) in [5.41, 5.74) is 6.60. The molecule has 0 spiro atoms. The van der Waals surface area contributed by atoms with Gasteiger partial charge in [0.25, 0.3) is 10.0 Å². The summed E-state index contributed by atoms with van der Waals surface area (Å²) in [6, 6.07) is 6.76. The average Bonchev–Trinajstić information content (AvgIpc) is 2.81. The zero-order valence-electron chi connectivity index (χ0n) is 11.2. The second-order valence-corrected chi connectivity index (χ2v) is 5.75. The van der Waals surface area contributed by atoms with Crippen LogP contribution in [0.25, 0.3) is 0 Å². The highest BCUT2D eigenvalue weighted by Gasteiger charge is 2.24. The lowest BCUT2D eigenvalue weighted by Crippen LogP contribution is -2.16. The van der Waals surface area contributed by atoms with Crippen molar-refractivity contribution >= 4 is 15.7 Å². The second kappa shape index (κ2) is 5.51. The van der Waals surface area contributed by atoms with E-state index in [1.165, 1.54) is 7.11 Å². The number of benzene rings is 1. The number of H-pyrrole nitrogens is 1. The van der Waals surface area contributed by atoms with Gasteiger partial charge < -0.3 is 10.5 Å². The first-order chi connectivity index (χ1) is 9.49. The van der Waals surface area contributed by atoms with Gasteiger partial charge in [0.05, 0.1) is 24.2 Å². The van der Waals surface area contributed by atoms with Crippen LogP contribution in [0, 0.1) is 6.92 Å². The Morgan fingerprint density at radius 3 is 2.75 bits per heavy atom. The predicted molar refractivity (Wildman–Crippen MR) is 75.0 cm³/mol. The lowest BCUT2D eigenvalue weighted by molar-refractivity contribution is 0.417. The normalized spacial score (nSPS) is 11.3. The van der Waals surface area contributed by atoms with E-state index in [1.54, 1.807) is 31.2 Å². The van der Waals surface area contributed by atoms with Gasteiger partial charge in [-0.25, -0.2) is 8.42 Å². The number of aryl methyl sites for hydroxylation is 1. The fraction of sp³-hybridized carbons (Fsp3) is 0.250. The quantitative estimate of drug-likeness (QED) is 0.762. The highest BCUT2D eigenvalue weighted by molar-refractivity contribution is 7.92. The van der Waals surface area contributed by atoms with E-state index in [4.69, 9.17) is 10.5 Å². The van der Waals surface area contributed by atoms with Gasteiger partial charge in [-0.3, -0.25) is 9.82 Å². The van der Waals surface area contributed by atoms with Crippen molar-refractivity contribution in [3.8, 4) is 5.75 Å². The maximum atomic E-state index is 12.4. The first-order valence-corrected chi connectivity index (χ1v) is 7.37. The standard InChI is InChI=1S/C12H16N4O3S/c1-8-12(10(7-13)15-14-8)20(17,18)16-9-5-3-4-6-11(9)19-2/h3-6,16H,7,13H2,1-2H3,(H,14,15). The van der Waals surface area contributed by atoms with Crippen molar-refractivity contribution in [3.63, 3.8) is 0 Å². The summed E-state index contributed by atoms with van der Waals surface area (Å²) >= 11 is 0. The molecule has 0 fully saturated rings. The van der Waals surface area contributed by atoms with Gasteiger partial charge in [0.2, 0.25) is 0 Å². The number of methoxy groups -OCH3 is 1. The molecule has 2 rings (SSSR count). The first kappa shape index (κ1) is 14.4. The van der Waals surface area contributed by atoms with Crippen LogP contribution in [0.5, 0.6) is 5.75 Å². The second-order valence-electron chi connectivity index (χ2n) is 4.13. The van der Waals surface area contributed by atoms with E-state index >= 15 is 0 Å². The topological polar surface area (TPSA) is 110 Å². The van der Waals surface area contributed by atoms with Crippen LogP contribution in [0.15, 0.2) is 29.2 Å². The molecule has 0 bridgehead atoms. The molecular weight excluding hydrogens is 280 g/mol. The molecule has 20 heavy (non-hydrogen) atoms. The van der Waals surface area contributed by atoms with Crippen molar-refractivity contribution < 1.29 is 13.2 Å². The Hall–Kier alpha value is -2.06. The molecule has 0 aliphatic heterocycles. The summed E-state index contributed by atoms with van der Waals surface area (Å²) in [5, 5.41) is 6.51. The number of hydrogen-bond donors (Lipinski definition) is 3. The Labute approximate surface area is 117 Å². The smallest absolute Gasteiger partial charge is 0.265 e. The monoisotopic (exact) mass is 296 g/mol. The third-order valence-corrected chi connectivity index (χ3v) is 4.34. The number of para-hydroxylation sites is 2. The molecule has 0 radical (unpaired) electrons. The van der Waals surface area contributed by atoms with E-state index in [2.05, 4.69) is 14.9 Å². The maximum absolute atomic E-state index is 12.4. The molecule has 108 valence electrons. The van der Waals surface area contributed by atoms with E-state index in [-0.39, 0.29) is 11.4 Å². The predicted octanol–water partition coefficient (Wildman–Crippen LogP) is 0.986. The molecule has 0 aliphatic carbocycles. The molecule has 2 aromatic rings. The molecule has 4 N–H and O–H groups in total. The Morgan fingerprint density at radius 2 is 2.10 bits per heavy atom. The Kier molecular flexibility index (Phi) is 3.96. The molecule has 0 aliphatic rings. The van der Waals surface area contributed by atoms with Crippen LogP contribution in [-0.2, 0) is 16.6 Å². The minimum Gasteiger partial charge on any atom is -0.495 e. The summed E-state index contributed by atoms with van der Waals surface area (Å²) in [7, 11) is -2.31. The number of ether oxygens (including phenoxy) is 1. The van der Waals surface area contributed by atoms with Gasteiger partial charge in [0.15, 0.2) is 0 Å². The van der Waals surface area contributed by atoms with Gasteiger partial charge >= 0.3 is 0 Å². The summed E-state index contributed by atoms with van der Waals surface area (Å²) in [6.07, 6.45) is 0. The van der Waals surface area contributed by atoms with Crippen molar-refractivity contribution in [3.05, 3.63) is 35.7 Å². The van der Waals surface area contributed by atoms with Gasteiger partial charge in [-0.05, 0) is 19.1 Å². The number of rotatable bonds is 5. The zero-order chi connectivity index (χ0) is 14.8. The number of hydrogen-bond acceptors (Lipinski definition) is 5. The average molecular weight is 296 g/mol. The van der Waals surface area contributed by atoms with Gasteiger partial charge in [0, 0.05) is 6.54 Å². The number of aromatic nitrogens is 2. The van der Waals surface area contributed by atoms with Gasteiger partial charge in [-0.2, -0.15) is 5.10 Å². The Balaban J connectivity index is 2.44. The van der Waals surface area contributed by atoms with Crippen molar-refractivity contribution in [1.82, 2.24) is 10.2 Å². The Morgan fingerprint density at radius 1 is 1.40 bits per heavy atom. The van der Waals surface area contributed by atoms with Crippen LogP contribution in [0.2, 0.25) is 0 Å². The largest absolute Gasteiger partial charge is 0.495 e. The van der Waals surface area contributed by atoms with Gasteiger partial charge in [-0.1, -0.05) is 12.1 Å². The highest BCUT2D eigenvalue weighted by atomic mass is 32.2. The molecule has 0 saturated heterocycles. The fourth-order valence-electron chi connectivity index (χ4n) is 1.89. The number of nitrogens with one attached hydrogen (secondary N) is 2. The zero-order valence-corrected chi connectivity index (χ0v) is 12.0. The van der Waals surface area contributed by atoms with E-state index in [0.29, 0.717) is 22.8 Å². The molecule has 1 aromatic heterocycles. The molecule has 0 amide bonds. The summed E-state index contributed by atoms with van der Waals surface area (Å²) in [6.45, 7) is 1.66. The number of anilines is 1. The van der Waals surface area contributed by atoms with Crippen LogP contribution in [0.3, 0.4) is 0 Å². The van der Waals surface area contributed by atoms with Crippen LogP contribution in [0.4, 0.5) is 5.69 Å². The van der Waals surface area contributed by atoms with E-state index < -0.39 is 10.0 Å². The number of aromatic amines is 1. The first-order valence-electron chi connectivity index (χ1n) is 5.89. The van der Waals surface area contributed by atoms with Gasteiger partial charge in [-0.15, -0.1) is 0 Å². The molecule has 0 unspecified atom stereocenters. The van der Waals surface area contributed by atoms with E-state index in [9.17, 15) is 8.42 Å². The molecule has 0 atom stereocenters. The minimum absolute atomic E-state index is 0.0342. The molecule has 8 heteroatoms. The molecule has 0 saturated carbocycles. The van der Waals surface area contributed by atoms with Crippen LogP contribution in [0.1, 0.15) is 11.4 Å². The number of nitrogens with two attached hydrogens (primary N) is 1. The van der Waals surface area contributed by atoms with E-state index in [1.807, 2.05) is 0 Å². The SMILES string of the molecule is COc1ccccc1NS(=O)(=O)c1c(CN)n[nH]c1C. The molecule has 7 nitrogen and oxygen atoms in total. The maximum Gasteiger partial charge on any atom is 0.265 e. The molecule has 1 aromatic carbocycles. The lowest BCUT2D eigenvalue weighted by atomic mass is 10.3. The van der Waals surface area contributed by atoms with Crippen LogP contribution < -0.4 is 15.2 Å². The minimum atomic E-state index is -3.78. The van der Waals surface area contributed by atoms with Crippen molar-refractivity contribution in [2.24, 2.45) is 5.73 Å². The number of sulfonamides is 1. The van der Waals surface area contributed by atoms with Crippen LogP contribution >= 0.6 is 0 Å². The lowest BCUT2D eigenvalue weighted by Gasteiger charge is -2.11. The summed E-state index contributed by atoms with van der Waals surface area (Å²) < 4.78 is 32.5. The number of nitrogens with zero attached hydrogens (tertiary/aromatic N) is 1. The van der Waals surface area contributed by atoms with Crippen molar-refractivity contribution in [2.45, 2.75) is 18.4 Å². The van der Waals surface area contributed by atoms with Crippen LogP contribution in [-0.4, -0.2) is 25.7 Å². The van der Waals surface area contributed by atoms with Crippen molar-refractivity contribution in [1.29, 1.82) is 0 Å². The van der Waals surface area contributed by atoms with E-state index in [0.717, 1.165) is 0 Å². The third kappa shape index (κ3) is 2.61. The summed E-state index contributed by atoms with van der Waals surface area (Å²) in [5.74, 6) is 0.437. The van der Waals surface area contributed by atoms with Crippen molar-refractivity contribution in [2.75, 3.05) is 11.8 Å². The fourth-order valence-corrected chi connectivity index (χ4v) is 3.34. The Bertz CT molecular complexity index is 709. The molecular formula is C12H16N4O3S. The molecule has 1 heterocycles. The third-order valence-electron chi connectivity index (χ3n) is 2.77.